The van der Waals surface area contributed by atoms with Crippen molar-refractivity contribution >= 4 is 0 Å². The van der Waals surface area contributed by atoms with E-state index >= 15 is 0 Å². The summed E-state index contributed by atoms with van der Waals surface area (Å²) >= 11 is 0. The van der Waals surface area contributed by atoms with E-state index in [1.807, 2.05) is 12.3 Å². The van der Waals surface area contributed by atoms with E-state index in [2.05, 4.69) is 49.1 Å². The fourth-order valence-electron chi connectivity index (χ4n) is 2.50. The summed E-state index contributed by atoms with van der Waals surface area (Å²) < 4.78 is 5.84. The van der Waals surface area contributed by atoms with Crippen molar-refractivity contribution in [2.75, 3.05) is 20.2 Å². The third kappa shape index (κ3) is 5.64. The van der Waals surface area contributed by atoms with Gasteiger partial charge in [0.2, 0.25) is 5.88 Å². The van der Waals surface area contributed by atoms with Crippen LogP contribution in [-0.2, 0) is 6.54 Å². The molecule has 2 rings (SSSR count). The second kappa shape index (κ2) is 7.23. The van der Waals surface area contributed by atoms with Crippen LogP contribution in [0, 0.1) is 0 Å². The van der Waals surface area contributed by atoms with Crippen LogP contribution in [0.2, 0.25) is 0 Å². The number of ether oxygens (including phenoxy) is 1. The predicted molar refractivity (Wildman–Crippen MR) is 86.6 cm³/mol. The molecule has 1 N–H and O–H groups in total. The van der Waals surface area contributed by atoms with Crippen molar-refractivity contribution < 1.29 is 4.74 Å². The Labute approximate surface area is 128 Å². The molecule has 0 aliphatic carbocycles. The molecule has 1 aliphatic rings. The standard InChI is InChI=1S/C17H29N3O/c1-17(2,3)19-12-14-8-9-16(18-11-14)21-13-15-7-5-6-10-20(15)4/h8-9,11,15,19H,5-7,10,12-13H2,1-4H3. The van der Waals surface area contributed by atoms with Gasteiger partial charge in [-0.05, 0) is 52.8 Å². The summed E-state index contributed by atoms with van der Waals surface area (Å²) in [5.74, 6) is 0.730. The van der Waals surface area contributed by atoms with Crippen LogP contribution in [0.25, 0.3) is 0 Å². The Kier molecular flexibility index (Phi) is 5.59. The van der Waals surface area contributed by atoms with Crippen molar-refractivity contribution in [3.63, 3.8) is 0 Å². The Morgan fingerprint density at radius 2 is 2.14 bits per heavy atom. The quantitative estimate of drug-likeness (QED) is 0.905. The predicted octanol–water partition coefficient (Wildman–Crippen LogP) is 2.83. The first-order chi connectivity index (χ1) is 9.94. The van der Waals surface area contributed by atoms with E-state index in [0.29, 0.717) is 6.04 Å². The number of nitrogens with zero attached hydrogens (tertiary/aromatic N) is 2. The van der Waals surface area contributed by atoms with Crippen molar-refractivity contribution in [3.05, 3.63) is 23.9 Å². The number of pyridine rings is 1. The maximum Gasteiger partial charge on any atom is 0.213 e. The lowest BCUT2D eigenvalue weighted by molar-refractivity contribution is 0.122. The van der Waals surface area contributed by atoms with E-state index in [9.17, 15) is 0 Å². The third-order valence-electron chi connectivity index (χ3n) is 3.97. The molecule has 4 heteroatoms. The molecule has 1 unspecified atom stereocenters. The van der Waals surface area contributed by atoms with E-state index < -0.39 is 0 Å². The summed E-state index contributed by atoms with van der Waals surface area (Å²) in [5, 5.41) is 3.46. The summed E-state index contributed by atoms with van der Waals surface area (Å²) in [6, 6.07) is 4.59. The van der Waals surface area contributed by atoms with Crippen LogP contribution in [0.5, 0.6) is 5.88 Å². The van der Waals surface area contributed by atoms with Crippen molar-refractivity contribution in [2.45, 2.75) is 58.2 Å². The molecule has 2 heterocycles. The van der Waals surface area contributed by atoms with Gasteiger partial charge in [0.1, 0.15) is 6.61 Å². The number of likely N-dealkylation sites (tertiary alicyclic amines) is 1. The molecule has 0 saturated carbocycles. The molecule has 1 saturated heterocycles. The summed E-state index contributed by atoms with van der Waals surface area (Å²) in [7, 11) is 2.18. The van der Waals surface area contributed by atoms with Crippen LogP contribution >= 0.6 is 0 Å². The van der Waals surface area contributed by atoms with Crippen LogP contribution in [0.4, 0.5) is 0 Å². The number of hydrogen-bond donors (Lipinski definition) is 1. The summed E-state index contributed by atoms with van der Waals surface area (Å²) in [5.41, 5.74) is 1.31. The van der Waals surface area contributed by atoms with E-state index in [1.54, 1.807) is 0 Å². The average molecular weight is 291 g/mol. The first-order valence-corrected chi connectivity index (χ1v) is 7.97. The van der Waals surface area contributed by atoms with Crippen LogP contribution in [-0.4, -0.2) is 41.7 Å². The number of likely N-dealkylation sites (N-methyl/N-ethyl adjacent to an activating group) is 1. The second-order valence-corrected chi connectivity index (χ2v) is 7.05. The highest BCUT2D eigenvalue weighted by molar-refractivity contribution is 5.18. The highest BCUT2D eigenvalue weighted by Gasteiger charge is 2.19. The molecule has 1 aromatic heterocycles. The van der Waals surface area contributed by atoms with E-state index in [4.69, 9.17) is 4.74 Å². The maximum absolute atomic E-state index is 5.84. The van der Waals surface area contributed by atoms with Gasteiger partial charge in [-0.3, -0.25) is 0 Å². The van der Waals surface area contributed by atoms with Gasteiger partial charge >= 0.3 is 0 Å². The van der Waals surface area contributed by atoms with E-state index in [-0.39, 0.29) is 5.54 Å². The number of aromatic nitrogens is 1. The first kappa shape index (κ1) is 16.2. The lowest BCUT2D eigenvalue weighted by Crippen LogP contribution is -2.40. The first-order valence-electron chi connectivity index (χ1n) is 7.97. The highest BCUT2D eigenvalue weighted by atomic mass is 16.5. The molecular formula is C17H29N3O. The molecule has 21 heavy (non-hydrogen) atoms. The molecule has 0 aromatic carbocycles. The lowest BCUT2D eigenvalue weighted by atomic mass is 10.0. The van der Waals surface area contributed by atoms with Gasteiger partial charge in [0.15, 0.2) is 0 Å². The summed E-state index contributed by atoms with van der Waals surface area (Å²) in [6.45, 7) is 9.25. The SMILES string of the molecule is CN1CCCCC1COc1ccc(CNC(C)(C)C)cn1. The lowest BCUT2D eigenvalue weighted by Gasteiger charge is -2.31. The molecule has 1 aromatic rings. The van der Waals surface area contributed by atoms with Gasteiger partial charge < -0.3 is 15.0 Å². The Morgan fingerprint density at radius 3 is 2.76 bits per heavy atom. The van der Waals surface area contributed by atoms with Crippen LogP contribution in [0.15, 0.2) is 18.3 Å². The van der Waals surface area contributed by atoms with Crippen LogP contribution in [0.3, 0.4) is 0 Å². The third-order valence-corrected chi connectivity index (χ3v) is 3.97. The van der Waals surface area contributed by atoms with Crippen molar-refractivity contribution in [2.24, 2.45) is 0 Å². The molecule has 0 radical (unpaired) electrons. The fraction of sp³-hybridized carbons (Fsp3) is 0.706. The van der Waals surface area contributed by atoms with Gasteiger partial charge in [-0.25, -0.2) is 4.98 Å². The van der Waals surface area contributed by atoms with Gasteiger partial charge in [-0.2, -0.15) is 0 Å². The van der Waals surface area contributed by atoms with Gasteiger partial charge in [-0.15, -0.1) is 0 Å². The monoisotopic (exact) mass is 291 g/mol. The van der Waals surface area contributed by atoms with Gasteiger partial charge in [-0.1, -0.05) is 12.5 Å². The normalized spacial score (nSPS) is 20.5. The maximum atomic E-state index is 5.84. The number of rotatable bonds is 5. The second-order valence-electron chi connectivity index (χ2n) is 7.05. The minimum Gasteiger partial charge on any atom is -0.476 e. The smallest absolute Gasteiger partial charge is 0.213 e. The molecule has 1 atom stereocenters. The van der Waals surface area contributed by atoms with Crippen molar-refractivity contribution in [1.82, 2.24) is 15.2 Å². The minimum atomic E-state index is 0.126. The van der Waals surface area contributed by atoms with Crippen LogP contribution < -0.4 is 10.1 Å². The molecule has 1 fully saturated rings. The Morgan fingerprint density at radius 1 is 1.33 bits per heavy atom. The highest BCUT2D eigenvalue weighted by Crippen LogP contribution is 2.16. The zero-order valence-corrected chi connectivity index (χ0v) is 13.9. The molecule has 0 bridgehead atoms. The molecule has 118 valence electrons. The topological polar surface area (TPSA) is 37.4 Å². The van der Waals surface area contributed by atoms with Gasteiger partial charge in [0.25, 0.3) is 0 Å². The Bertz CT molecular complexity index is 425. The van der Waals surface area contributed by atoms with Gasteiger partial charge in [0.05, 0.1) is 0 Å². The molecule has 0 amide bonds. The zero-order chi connectivity index (χ0) is 15.3. The van der Waals surface area contributed by atoms with E-state index in [1.165, 1.54) is 31.4 Å². The van der Waals surface area contributed by atoms with Crippen molar-refractivity contribution in [1.29, 1.82) is 0 Å². The molecule has 0 spiro atoms. The molecular weight excluding hydrogens is 262 g/mol. The Balaban J connectivity index is 1.79. The largest absolute Gasteiger partial charge is 0.476 e. The Hall–Kier alpha value is -1.13. The summed E-state index contributed by atoms with van der Waals surface area (Å²) in [6.07, 6.45) is 5.74. The van der Waals surface area contributed by atoms with Crippen LogP contribution in [0.1, 0.15) is 45.6 Å². The fourth-order valence-corrected chi connectivity index (χ4v) is 2.50. The van der Waals surface area contributed by atoms with E-state index in [0.717, 1.165) is 19.0 Å². The zero-order valence-electron chi connectivity index (χ0n) is 13.9. The average Bonchev–Trinajstić information content (AvgIpc) is 2.45. The molecule has 1 aliphatic heterocycles. The minimum absolute atomic E-state index is 0.126. The van der Waals surface area contributed by atoms with Gasteiger partial charge in [0, 0.05) is 30.4 Å². The van der Waals surface area contributed by atoms with Crippen molar-refractivity contribution in [3.8, 4) is 5.88 Å². The number of nitrogens with one attached hydrogen (secondary N) is 1. The molecule has 4 nitrogen and oxygen atoms in total. The summed E-state index contributed by atoms with van der Waals surface area (Å²) in [4.78, 5) is 6.80. The number of hydrogen-bond acceptors (Lipinski definition) is 4. The number of piperidine rings is 1.